The smallest absolute Gasteiger partial charge is 0.320 e. The molecule has 0 aromatic rings. The Labute approximate surface area is 135 Å². The fraction of sp³-hybridized carbons (Fsp3) is 1.00. The number of rotatable bonds is 17. The largest absolute Gasteiger partial charge is 0.350 e. The van der Waals surface area contributed by atoms with Gasteiger partial charge in [0.15, 0.2) is 0 Å². The van der Waals surface area contributed by atoms with Crippen LogP contribution in [-0.4, -0.2) is 73.2 Å². The highest BCUT2D eigenvalue weighted by atomic mass is 16.9. The molecule has 0 aromatic carbocycles. The van der Waals surface area contributed by atoms with Crippen LogP contribution in [0.25, 0.3) is 0 Å². The Balaban J connectivity index is 4.39. The average molecular weight is 320 g/mol. The van der Waals surface area contributed by atoms with Crippen LogP contribution in [0, 0.1) is 0 Å². The zero-order valence-electron chi connectivity index (χ0n) is 14.8. The van der Waals surface area contributed by atoms with E-state index in [4.69, 9.17) is 14.2 Å². The lowest BCUT2D eigenvalue weighted by Gasteiger charge is -2.33. The molecule has 0 heterocycles. The summed E-state index contributed by atoms with van der Waals surface area (Å²) in [6.45, 7) is 7.17. The molecule has 0 unspecified atom stereocenters. The molecule has 22 heavy (non-hydrogen) atoms. The molecular weight excluding hydrogens is 284 g/mol. The maximum Gasteiger partial charge on any atom is 0.350 e. The van der Waals surface area contributed by atoms with Crippen molar-refractivity contribution < 1.29 is 14.2 Å². The summed E-state index contributed by atoms with van der Waals surface area (Å²) in [5.74, 6) is 0. The van der Waals surface area contributed by atoms with Gasteiger partial charge in [-0.2, -0.15) is 0 Å². The molecule has 0 saturated heterocycles. The van der Waals surface area contributed by atoms with Gasteiger partial charge in [-0.1, -0.05) is 6.92 Å². The van der Waals surface area contributed by atoms with Crippen molar-refractivity contribution in [2.24, 2.45) is 0 Å². The van der Waals surface area contributed by atoms with Gasteiger partial charge < -0.3 is 30.2 Å². The maximum absolute atomic E-state index is 5.90. The molecule has 0 aliphatic carbocycles. The Morgan fingerprint density at radius 2 is 1.05 bits per heavy atom. The summed E-state index contributed by atoms with van der Waals surface area (Å²) in [7, 11) is 5.79. The molecule has 0 spiro atoms. The molecule has 0 bridgehead atoms. The SMILES string of the molecule is CCNC(OCCCNC)(OCCCNC)OCCCNC. The van der Waals surface area contributed by atoms with Crippen LogP contribution in [0.5, 0.6) is 0 Å². The normalized spacial score (nSPS) is 12.0. The van der Waals surface area contributed by atoms with Crippen LogP contribution in [0.15, 0.2) is 0 Å². The second-order valence-electron chi connectivity index (χ2n) is 5.00. The Bertz CT molecular complexity index is 202. The Kier molecular flexibility index (Phi) is 15.4. The van der Waals surface area contributed by atoms with Gasteiger partial charge in [0.1, 0.15) is 0 Å². The van der Waals surface area contributed by atoms with E-state index in [-0.39, 0.29) is 0 Å². The predicted octanol–water partition coefficient (Wildman–Crippen LogP) is 0.0855. The van der Waals surface area contributed by atoms with Crippen molar-refractivity contribution in [2.75, 3.05) is 67.1 Å². The second kappa shape index (κ2) is 15.6. The van der Waals surface area contributed by atoms with Gasteiger partial charge >= 0.3 is 6.10 Å². The minimum atomic E-state index is -1.13. The first-order valence-corrected chi connectivity index (χ1v) is 8.35. The van der Waals surface area contributed by atoms with Gasteiger partial charge in [0.25, 0.3) is 0 Å². The van der Waals surface area contributed by atoms with Crippen LogP contribution < -0.4 is 21.3 Å². The van der Waals surface area contributed by atoms with E-state index in [0.29, 0.717) is 26.4 Å². The molecule has 7 heteroatoms. The van der Waals surface area contributed by atoms with Crippen molar-refractivity contribution in [3.63, 3.8) is 0 Å². The maximum atomic E-state index is 5.90. The van der Waals surface area contributed by atoms with E-state index in [1.807, 2.05) is 28.1 Å². The summed E-state index contributed by atoms with van der Waals surface area (Å²) in [4.78, 5) is 0. The summed E-state index contributed by atoms with van der Waals surface area (Å²) < 4.78 is 17.7. The number of hydrogen-bond donors (Lipinski definition) is 4. The lowest BCUT2D eigenvalue weighted by Crippen LogP contribution is -2.53. The first kappa shape index (κ1) is 21.7. The van der Waals surface area contributed by atoms with E-state index < -0.39 is 6.10 Å². The molecule has 0 amide bonds. The van der Waals surface area contributed by atoms with Gasteiger partial charge in [-0.05, 0) is 66.6 Å². The zero-order chi connectivity index (χ0) is 16.5. The third-order valence-electron chi connectivity index (χ3n) is 2.98. The molecule has 0 aromatic heterocycles. The van der Waals surface area contributed by atoms with E-state index >= 15 is 0 Å². The Morgan fingerprint density at radius 3 is 1.32 bits per heavy atom. The molecule has 0 saturated carbocycles. The van der Waals surface area contributed by atoms with Crippen molar-refractivity contribution >= 4 is 0 Å². The highest BCUT2D eigenvalue weighted by Crippen LogP contribution is 2.13. The number of hydrogen-bond acceptors (Lipinski definition) is 7. The molecule has 0 aliphatic heterocycles. The molecule has 4 N–H and O–H groups in total. The van der Waals surface area contributed by atoms with Gasteiger partial charge in [-0.15, -0.1) is 0 Å². The highest BCUT2D eigenvalue weighted by Gasteiger charge is 2.32. The van der Waals surface area contributed by atoms with E-state index in [1.54, 1.807) is 0 Å². The Hall–Kier alpha value is -0.280. The molecule has 0 radical (unpaired) electrons. The lowest BCUT2D eigenvalue weighted by atomic mass is 10.4. The molecule has 0 fully saturated rings. The molecule has 7 nitrogen and oxygen atoms in total. The van der Waals surface area contributed by atoms with E-state index in [2.05, 4.69) is 21.3 Å². The molecular formula is C15H36N4O3. The first-order valence-electron chi connectivity index (χ1n) is 8.35. The van der Waals surface area contributed by atoms with Crippen molar-refractivity contribution in [1.82, 2.24) is 21.3 Å². The molecule has 134 valence electrons. The van der Waals surface area contributed by atoms with Gasteiger partial charge in [0.2, 0.25) is 0 Å². The summed E-state index contributed by atoms with van der Waals surface area (Å²) in [6.07, 6.45) is 1.58. The lowest BCUT2D eigenvalue weighted by molar-refractivity contribution is -0.397. The monoisotopic (exact) mass is 320 g/mol. The van der Waals surface area contributed by atoms with Crippen molar-refractivity contribution in [3.8, 4) is 0 Å². The summed E-state index contributed by atoms with van der Waals surface area (Å²) in [6, 6.07) is 0. The topological polar surface area (TPSA) is 75.8 Å². The van der Waals surface area contributed by atoms with Crippen molar-refractivity contribution in [2.45, 2.75) is 32.3 Å². The van der Waals surface area contributed by atoms with E-state index in [1.165, 1.54) is 0 Å². The molecule has 0 rings (SSSR count). The van der Waals surface area contributed by atoms with Crippen molar-refractivity contribution in [3.05, 3.63) is 0 Å². The number of nitrogens with one attached hydrogen (secondary N) is 4. The second-order valence-corrected chi connectivity index (χ2v) is 5.00. The van der Waals surface area contributed by atoms with Crippen LogP contribution >= 0.6 is 0 Å². The van der Waals surface area contributed by atoms with E-state index in [0.717, 1.165) is 38.9 Å². The van der Waals surface area contributed by atoms with Crippen LogP contribution in [-0.2, 0) is 14.2 Å². The first-order chi connectivity index (χ1) is 10.7. The number of ether oxygens (including phenoxy) is 3. The predicted molar refractivity (Wildman–Crippen MR) is 89.9 cm³/mol. The van der Waals surface area contributed by atoms with Crippen LogP contribution in [0.3, 0.4) is 0 Å². The third-order valence-corrected chi connectivity index (χ3v) is 2.98. The van der Waals surface area contributed by atoms with Gasteiger partial charge in [0.05, 0.1) is 19.8 Å². The van der Waals surface area contributed by atoms with Crippen LogP contribution in [0.1, 0.15) is 26.2 Å². The minimum Gasteiger partial charge on any atom is -0.320 e. The zero-order valence-corrected chi connectivity index (χ0v) is 14.8. The standard InChI is InChI=1S/C15H36N4O3/c1-5-19-15(20-12-6-9-16-2,21-13-7-10-17-3)22-14-8-11-18-4/h16-19H,5-14H2,1-4H3. The summed E-state index contributed by atoms with van der Waals surface area (Å²) in [5.41, 5.74) is 0. The van der Waals surface area contributed by atoms with E-state index in [9.17, 15) is 0 Å². The fourth-order valence-corrected chi connectivity index (χ4v) is 1.86. The molecule has 0 atom stereocenters. The fourth-order valence-electron chi connectivity index (χ4n) is 1.86. The summed E-state index contributed by atoms with van der Waals surface area (Å²) >= 11 is 0. The minimum absolute atomic E-state index is 0.575. The van der Waals surface area contributed by atoms with Crippen LogP contribution in [0.4, 0.5) is 0 Å². The summed E-state index contributed by atoms with van der Waals surface area (Å²) in [5, 5.41) is 12.5. The average Bonchev–Trinajstić information content (AvgIpc) is 2.53. The van der Waals surface area contributed by atoms with Gasteiger partial charge in [-0.25, -0.2) is 5.32 Å². The van der Waals surface area contributed by atoms with Crippen LogP contribution in [0.2, 0.25) is 0 Å². The van der Waals surface area contributed by atoms with Gasteiger partial charge in [0, 0.05) is 0 Å². The Morgan fingerprint density at radius 1 is 0.682 bits per heavy atom. The quantitative estimate of drug-likeness (QED) is 0.223. The van der Waals surface area contributed by atoms with Crippen molar-refractivity contribution in [1.29, 1.82) is 0 Å². The third kappa shape index (κ3) is 11.3. The highest BCUT2D eigenvalue weighted by molar-refractivity contribution is 4.57. The van der Waals surface area contributed by atoms with Gasteiger partial charge in [-0.3, -0.25) is 0 Å². The molecule has 0 aliphatic rings.